The molecule has 0 aromatic rings. The fourth-order valence-electron chi connectivity index (χ4n) is 11.3. The molecule has 0 aliphatic heterocycles. The van der Waals surface area contributed by atoms with Gasteiger partial charge in [-0.1, -0.05) is 330 Å². The van der Waals surface area contributed by atoms with Crippen LogP contribution in [0, 0.1) is 11.8 Å². The summed E-state index contributed by atoms with van der Waals surface area (Å²) in [6.45, 7) is 9.56. The molecule has 0 aliphatic rings. The Balaban J connectivity index is 5.26. The standard InChI is InChI=1S/C74H144O17P2/c1-7-10-12-14-16-18-20-22-24-26-30-35-39-47-53-59-73(78)90-69(62-84-71(76)56-50-44-37-33-31-27-28-32-36-42-48-54-66(4)5)64-88-92(80,81)86-60-68(75)61-87-93(82,83)89-65-70(63-85-72(77)57-51-45-41-40-43-49-55-67(6)9-3)91-74(79)58-52-46-38-34-29-25-23-21-19-17-15-13-11-8-2/h66-70,75H,7-65H2,1-6H3,(H,80,81)(H,82,83)/t67?,68-,69-,70-/m1/s1. The van der Waals surface area contributed by atoms with E-state index in [0.717, 1.165) is 108 Å². The lowest BCUT2D eigenvalue weighted by Crippen LogP contribution is -2.30. The summed E-state index contributed by atoms with van der Waals surface area (Å²) in [4.78, 5) is 72.7. The summed E-state index contributed by atoms with van der Waals surface area (Å²) in [5.74, 6) is -0.615. The fourth-order valence-corrected chi connectivity index (χ4v) is 12.8. The van der Waals surface area contributed by atoms with Gasteiger partial charge in [0, 0.05) is 25.7 Å². The molecule has 0 heterocycles. The van der Waals surface area contributed by atoms with Gasteiger partial charge in [-0.2, -0.15) is 0 Å². The summed E-state index contributed by atoms with van der Waals surface area (Å²) >= 11 is 0. The van der Waals surface area contributed by atoms with Crippen LogP contribution >= 0.6 is 15.6 Å². The zero-order chi connectivity index (χ0) is 68.6. The van der Waals surface area contributed by atoms with Gasteiger partial charge < -0.3 is 33.8 Å². The van der Waals surface area contributed by atoms with Crippen LogP contribution in [0.25, 0.3) is 0 Å². The average molecular weight is 1370 g/mol. The number of aliphatic hydroxyl groups excluding tert-OH is 1. The largest absolute Gasteiger partial charge is 0.472 e. The number of unbranched alkanes of at least 4 members (excludes halogenated alkanes) is 42. The summed E-state index contributed by atoms with van der Waals surface area (Å²) in [6.07, 6.45) is 52.6. The number of ether oxygens (including phenoxy) is 4. The number of esters is 4. The molecule has 6 atom stereocenters. The van der Waals surface area contributed by atoms with E-state index in [4.69, 9.17) is 37.0 Å². The number of carbonyl (C=O) groups is 4. The summed E-state index contributed by atoms with van der Waals surface area (Å²) in [6, 6.07) is 0. The number of phosphoric acid groups is 2. The molecule has 0 aromatic heterocycles. The molecule has 0 spiro atoms. The lowest BCUT2D eigenvalue weighted by molar-refractivity contribution is -0.161. The monoisotopic (exact) mass is 1370 g/mol. The van der Waals surface area contributed by atoms with E-state index in [2.05, 4.69) is 41.5 Å². The second-order valence-corrected chi connectivity index (χ2v) is 30.3. The zero-order valence-electron chi connectivity index (χ0n) is 60.6. The second-order valence-electron chi connectivity index (χ2n) is 27.4. The molecule has 0 aromatic carbocycles. The highest BCUT2D eigenvalue weighted by Gasteiger charge is 2.30. The van der Waals surface area contributed by atoms with Crippen molar-refractivity contribution in [3.05, 3.63) is 0 Å². The SMILES string of the molecule is CCCCCCCCCCCCCCCCCC(=O)O[C@H](COC(=O)CCCCCCCCCCCCCC(C)C)COP(=O)(O)OC[C@@H](O)COP(=O)(O)OC[C@@H](COC(=O)CCCCCCCCC(C)CC)OC(=O)CCCCCCCCCCCCCCCC. The van der Waals surface area contributed by atoms with Crippen LogP contribution in [0.15, 0.2) is 0 Å². The van der Waals surface area contributed by atoms with Crippen molar-refractivity contribution in [1.29, 1.82) is 0 Å². The first kappa shape index (κ1) is 91.1. The van der Waals surface area contributed by atoms with Gasteiger partial charge in [0.2, 0.25) is 0 Å². The summed E-state index contributed by atoms with van der Waals surface area (Å²) < 4.78 is 68.5. The van der Waals surface area contributed by atoms with Crippen molar-refractivity contribution in [2.75, 3.05) is 39.6 Å². The molecule has 19 heteroatoms. The van der Waals surface area contributed by atoms with Gasteiger partial charge in [-0.3, -0.25) is 37.3 Å². The van der Waals surface area contributed by atoms with Crippen LogP contribution in [0.1, 0.15) is 382 Å². The highest BCUT2D eigenvalue weighted by Crippen LogP contribution is 2.45. The van der Waals surface area contributed by atoms with Gasteiger partial charge in [0.15, 0.2) is 12.2 Å². The molecule has 0 radical (unpaired) electrons. The third kappa shape index (κ3) is 67.0. The third-order valence-electron chi connectivity index (χ3n) is 17.6. The lowest BCUT2D eigenvalue weighted by atomic mass is 10.00. The van der Waals surface area contributed by atoms with Gasteiger partial charge in [-0.25, -0.2) is 9.13 Å². The molecule has 0 rings (SSSR count). The summed E-state index contributed by atoms with van der Waals surface area (Å²) in [5, 5.41) is 10.6. The third-order valence-corrected chi connectivity index (χ3v) is 19.5. The maximum absolute atomic E-state index is 13.1. The quantitative estimate of drug-likeness (QED) is 0.0222. The summed E-state index contributed by atoms with van der Waals surface area (Å²) in [7, 11) is -9.91. The van der Waals surface area contributed by atoms with Gasteiger partial charge in [-0.15, -0.1) is 0 Å². The Bertz CT molecular complexity index is 1810. The predicted molar refractivity (Wildman–Crippen MR) is 377 cm³/mol. The van der Waals surface area contributed by atoms with Gasteiger partial charge in [-0.05, 0) is 37.5 Å². The van der Waals surface area contributed by atoms with Gasteiger partial charge in [0.05, 0.1) is 26.4 Å². The first-order valence-electron chi connectivity index (χ1n) is 38.5. The Morgan fingerprint density at radius 1 is 0.312 bits per heavy atom. The van der Waals surface area contributed by atoms with E-state index in [1.807, 2.05) is 0 Å². The number of hydrogen-bond acceptors (Lipinski definition) is 15. The minimum atomic E-state index is -4.96. The van der Waals surface area contributed by atoms with Crippen molar-refractivity contribution in [1.82, 2.24) is 0 Å². The molecule has 17 nitrogen and oxygen atoms in total. The molecule has 0 bridgehead atoms. The first-order valence-corrected chi connectivity index (χ1v) is 41.5. The normalized spacial score (nSPS) is 14.3. The molecule has 0 amide bonds. The van der Waals surface area contributed by atoms with E-state index < -0.39 is 97.5 Å². The Morgan fingerprint density at radius 2 is 0.548 bits per heavy atom. The van der Waals surface area contributed by atoms with E-state index in [1.54, 1.807) is 0 Å². The van der Waals surface area contributed by atoms with Crippen LogP contribution in [-0.4, -0.2) is 96.7 Å². The molecule has 3 N–H and O–H groups in total. The highest BCUT2D eigenvalue weighted by atomic mass is 31.2. The van der Waals surface area contributed by atoms with E-state index in [-0.39, 0.29) is 25.7 Å². The van der Waals surface area contributed by atoms with Crippen LogP contribution in [0.4, 0.5) is 0 Å². The predicted octanol–water partition coefficient (Wildman–Crippen LogP) is 21.6. The Morgan fingerprint density at radius 3 is 0.817 bits per heavy atom. The topological polar surface area (TPSA) is 237 Å². The highest BCUT2D eigenvalue weighted by molar-refractivity contribution is 7.47. The average Bonchev–Trinajstić information content (AvgIpc) is 1.99. The van der Waals surface area contributed by atoms with Crippen LogP contribution in [0.5, 0.6) is 0 Å². The number of hydrogen-bond donors (Lipinski definition) is 3. The smallest absolute Gasteiger partial charge is 0.462 e. The first-order chi connectivity index (χ1) is 44.9. The maximum Gasteiger partial charge on any atom is 0.472 e. The van der Waals surface area contributed by atoms with E-state index >= 15 is 0 Å². The molecule has 552 valence electrons. The van der Waals surface area contributed by atoms with Gasteiger partial charge in [0.25, 0.3) is 0 Å². The van der Waals surface area contributed by atoms with Crippen molar-refractivity contribution in [3.8, 4) is 0 Å². The fraction of sp³-hybridized carbons (Fsp3) is 0.946. The molecule has 3 unspecified atom stereocenters. The maximum atomic E-state index is 13.1. The van der Waals surface area contributed by atoms with Gasteiger partial charge in [0.1, 0.15) is 19.3 Å². The molecule has 0 aliphatic carbocycles. The number of aliphatic hydroxyl groups is 1. The molecular weight excluding hydrogens is 1220 g/mol. The van der Waals surface area contributed by atoms with Crippen LogP contribution in [0.3, 0.4) is 0 Å². The van der Waals surface area contributed by atoms with Crippen molar-refractivity contribution >= 4 is 39.5 Å². The lowest BCUT2D eigenvalue weighted by Gasteiger charge is -2.21. The minimum Gasteiger partial charge on any atom is -0.462 e. The van der Waals surface area contributed by atoms with Crippen LogP contribution in [-0.2, 0) is 65.4 Å². The number of carbonyl (C=O) groups excluding carboxylic acids is 4. The summed E-state index contributed by atoms with van der Waals surface area (Å²) in [5.41, 5.74) is 0. The second kappa shape index (κ2) is 66.0. The van der Waals surface area contributed by atoms with Gasteiger partial charge >= 0.3 is 39.5 Å². The van der Waals surface area contributed by atoms with E-state index in [9.17, 15) is 43.2 Å². The number of phosphoric ester groups is 2. The van der Waals surface area contributed by atoms with Crippen LogP contribution < -0.4 is 0 Å². The zero-order valence-corrected chi connectivity index (χ0v) is 62.3. The van der Waals surface area contributed by atoms with Crippen molar-refractivity contribution < 1.29 is 80.2 Å². The Labute approximate surface area is 568 Å². The van der Waals surface area contributed by atoms with Crippen molar-refractivity contribution in [3.63, 3.8) is 0 Å². The number of rotatable bonds is 73. The molecule has 0 saturated carbocycles. The minimum absolute atomic E-state index is 0.107. The van der Waals surface area contributed by atoms with E-state index in [0.29, 0.717) is 25.7 Å². The Hall–Kier alpha value is -1.94. The molecule has 93 heavy (non-hydrogen) atoms. The molecule has 0 fully saturated rings. The van der Waals surface area contributed by atoms with Crippen molar-refractivity contribution in [2.24, 2.45) is 11.8 Å². The molecule has 0 saturated heterocycles. The molecular formula is C74H144O17P2. The van der Waals surface area contributed by atoms with Crippen LogP contribution in [0.2, 0.25) is 0 Å². The van der Waals surface area contributed by atoms with E-state index in [1.165, 1.54) is 193 Å². The Kier molecular flexibility index (Phi) is 64.6. The van der Waals surface area contributed by atoms with Crippen molar-refractivity contribution in [2.45, 2.75) is 400 Å².